The molecule has 0 radical (unpaired) electrons. The number of hydrogen-bond donors (Lipinski definition) is 2. The van der Waals surface area contributed by atoms with Crippen LogP contribution in [0.4, 0.5) is 14.9 Å². The van der Waals surface area contributed by atoms with E-state index < -0.39 is 11.9 Å². The highest BCUT2D eigenvalue weighted by Gasteiger charge is 2.06. The fourth-order valence-corrected chi connectivity index (χ4v) is 2.05. The van der Waals surface area contributed by atoms with Gasteiger partial charge in [-0.15, -0.1) is 0 Å². The average molecular weight is 339 g/mol. The number of nitrogens with one attached hydrogen (secondary N) is 1. The Bertz CT molecular complexity index is 634. The van der Waals surface area contributed by atoms with Crippen LogP contribution in [-0.2, 0) is 6.54 Å². The van der Waals surface area contributed by atoms with Gasteiger partial charge in [0.2, 0.25) is 0 Å². The van der Waals surface area contributed by atoms with Crippen molar-refractivity contribution in [1.82, 2.24) is 0 Å². The molecule has 0 aliphatic carbocycles. The van der Waals surface area contributed by atoms with Crippen LogP contribution < -0.4 is 15.8 Å². The Morgan fingerprint density at radius 3 is 2.75 bits per heavy atom. The largest absolute Gasteiger partial charge is 0.410 e. The third kappa shape index (κ3) is 3.96. The molecule has 0 aliphatic rings. The Morgan fingerprint density at radius 1 is 1.30 bits per heavy atom. The standard InChI is InChI=1S/C14H12BrFN2O2/c15-10-2-1-3-11(6-10)18-8-9-4-5-12(7-13(9)16)20-14(17)19/h1-7,18H,8H2,(H2,17,19). The van der Waals surface area contributed by atoms with Crippen molar-refractivity contribution in [2.75, 3.05) is 5.32 Å². The maximum absolute atomic E-state index is 13.8. The van der Waals surface area contributed by atoms with Crippen LogP contribution in [0.1, 0.15) is 5.56 Å². The van der Waals surface area contributed by atoms with E-state index in [0.29, 0.717) is 12.1 Å². The van der Waals surface area contributed by atoms with Crippen molar-refractivity contribution >= 4 is 27.7 Å². The Kier molecular flexibility index (Phi) is 4.57. The summed E-state index contributed by atoms with van der Waals surface area (Å²) in [4.78, 5) is 10.6. The molecule has 0 unspecified atom stereocenters. The number of rotatable bonds is 4. The van der Waals surface area contributed by atoms with Crippen LogP contribution >= 0.6 is 15.9 Å². The van der Waals surface area contributed by atoms with Gasteiger partial charge in [0.05, 0.1) is 0 Å². The summed E-state index contributed by atoms with van der Waals surface area (Å²) in [6, 6.07) is 11.7. The molecule has 0 saturated heterocycles. The van der Waals surface area contributed by atoms with Crippen LogP contribution in [0.25, 0.3) is 0 Å². The molecule has 2 aromatic carbocycles. The van der Waals surface area contributed by atoms with Crippen LogP contribution in [0.2, 0.25) is 0 Å². The molecule has 104 valence electrons. The van der Waals surface area contributed by atoms with Crippen LogP contribution in [0.15, 0.2) is 46.9 Å². The maximum atomic E-state index is 13.8. The fourth-order valence-electron chi connectivity index (χ4n) is 1.65. The number of hydrogen-bond acceptors (Lipinski definition) is 3. The predicted octanol–water partition coefficient (Wildman–Crippen LogP) is 3.66. The number of anilines is 1. The van der Waals surface area contributed by atoms with Crippen molar-refractivity contribution in [2.45, 2.75) is 6.54 Å². The van der Waals surface area contributed by atoms with Gasteiger partial charge in [-0.1, -0.05) is 28.1 Å². The zero-order valence-electron chi connectivity index (χ0n) is 10.4. The first-order valence-electron chi connectivity index (χ1n) is 5.80. The molecule has 0 spiro atoms. The molecular weight excluding hydrogens is 327 g/mol. The molecule has 1 amide bonds. The van der Waals surface area contributed by atoms with E-state index in [1.165, 1.54) is 6.07 Å². The predicted molar refractivity (Wildman–Crippen MR) is 78.1 cm³/mol. The summed E-state index contributed by atoms with van der Waals surface area (Å²) in [5.74, 6) is -0.382. The van der Waals surface area contributed by atoms with E-state index in [1.807, 2.05) is 24.3 Å². The van der Waals surface area contributed by atoms with Gasteiger partial charge in [-0.05, 0) is 24.3 Å². The molecule has 0 fully saturated rings. The molecule has 0 aliphatic heterocycles. The quantitative estimate of drug-likeness (QED) is 0.894. The number of halogens is 2. The summed E-state index contributed by atoms with van der Waals surface area (Å²) in [5.41, 5.74) is 6.19. The first kappa shape index (κ1) is 14.3. The average Bonchev–Trinajstić information content (AvgIpc) is 2.37. The molecule has 2 aromatic rings. The highest BCUT2D eigenvalue weighted by Crippen LogP contribution is 2.19. The number of carbonyl (C=O) groups excluding carboxylic acids is 1. The summed E-state index contributed by atoms with van der Waals surface area (Å²) in [7, 11) is 0. The number of primary amides is 1. The van der Waals surface area contributed by atoms with E-state index in [-0.39, 0.29) is 5.75 Å². The number of amides is 1. The minimum atomic E-state index is -0.968. The number of nitrogens with two attached hydrogens (primary N) is 1. The summed E-state index contributed by atoms with van der Waals surface area (Å²) in [6.45, 7) is 0.319. The zero-order chi connectivity index (χ0) is 14.5. The van der Waals surface area contributed by atoms with Crippen molar-refractivity contribution in [1.29, 1.82) is 0 Å². The summed E-state index contributed by atoms with van der Waals surface area (Å²) < 4.78 is 19.3. The van der Waals surface area contributed by atoms with Crippen molar-refractivity contribution in [3.8, 4) is 5.75 Å². The Labute approximate surface area is 123 Å². The molecule has 20 heavy (non-hydrogen) atoms. The highest BCUT2D eigenvalue weighted by atomic mass is 79.9. The van der Waals surface area contributed by atoms with Gasteiger partial charge in [0.25, 0.3) is 0 Å². The molecule has 0 saturated carbocycles. The van der Waals surface area contributed by atoms with Crippen LogP contribution in [0.5, 0.6) is 5.75 Å². The van der Waals surface area contributed by atoms with Crippen LogP contribution in [0.3, 0.4) is 0 Å². The van der Waals surface area contributed by atoms with Crippen LogP contribution in [0, 0.1) is 5.82 Å². The Hall–Kier alpha value is -2.08. The second kappa shape index (κ2) is 6.38. The van der Waals surface area contributed by atoms with Gasteiger partial charge in [-0.3, -0.25) is 0 Å². The summed E-state index contributed by atoms with van der Waals surface area (Å²) >= 11 is 3.36. The number of carbonyl (C=O) groups is 1. The van der Waals surface area contributed by atoms with Gasteiger partial charge in [-0.2, -0.15) is 0 Å². The van der Waals surface area contributed by atoms with Gasteiger partial charge in [0.15, 0.2) is 0 Å². The van der Waals surface area contributed by atoms with Gasteiger partial charge in [0, 0.05) is 28.3 Å². The zero-order valence-corrected chi connectivity index (χ0v) is 12.0. The van der Waals surface area contributed by atoms with Gasteiger partial charge < -0.3 is 15.8 Å². The molecular formula is C14H12BrFN2O2. The first-order chi connectivity index (χ1) is 9.54. The van der Waals surface area contributed by atoms with E-state index in [2.05, 4.69) is 26.0 Å². The van der Waals surface area contributed by atoms with Crippen molar-refractivity contribution in [2.24, 2.45) is 5.73 Å². The number of benzene rings is 2. The number of ether oxygens (including phenoxy) is 1. The monoisotopic (exact) mass is 338 g/mol. The second-order valence-electron chi connectivity index (χ2n) is 4.04. The molecule has 0 atom stereocenters. The smallest absolute Gasteiger partial charge is 0.409 e. The normalized spacial score (nSPS) is 10.1. The lowest BCUT2D eigenvalue weighted by molar-refractivity contribution is 0.210. The minimum Gasteiger partial charge on any atom is -0.410 e. The highest BCUT2D eigenvalue weighted by molar-refractivity contribution is 9.10. The van der Waals surface area contributed by atoms with E-state index in [4.69, 9.17) is 5.73 Å². The van der Waals surface area contributed by atoms with Crippen molar-refractivity contribution in [3.05, 3.63) is 58.3 Å². The van der Waals surface area contributed by atoms with Gasteiger partial charge in [-0.25, -0.2) is 9.18 Å². The fraction of sp³-hybridized carbons (Fsp3) is 0.0714. The summed E-state index contributed by atoms with van der Waals surface area (Å²) in [6.07, 6.45) is -0.968. The first-order valence-corrected chi connectivity index (χ1v) is 6.59. The molecule has 0 aromatic heterocycles. The van der Waals surface area contributed by atoms with Crippen molar-refractivity contribution < 1.29 is 13.9 Å². The summed E-state index contributed by atoms with van der Waals surface area (Å²) in [5, 5.41) is 3.10. The molecule has 0 bridgehead atoms. The molecule has 2 rings (SSSR count). The minimum absolute atomic E-state index is 0.0844. The maximum Gasteiger partial charge on any atom is 0.409 e. The Morgan fingerprint density at radius 2 is 2.10 bits per heavy atom. The third-order valence-electron chi connectivity index (χ3n) is 2.55. The van der Waals surface area contributed by atoms with E-state index >= 15 is 0 Å². The lowest BCUT2D eigenvalue weighted by Gasteiger charge is -2.09. The van der Waals surface area contributed by atoms with Gasteiger partial charge >= 0.3 is 6.09 Å². The molecule has 4 nitrogen and oxygen atoms in total. The second-order valence-corrected chi connectivity index (χ2v) is 4.95. The van der Waals surface area contributed by atoms with E-state index in [0.717, 1.165) is 16.2 Å². The SMILES string of the molecule is NC(=O)Oc1ccc(CNc2cccc(Br)c2)c(F)c1. The molecule has 0 heterocycles. The topological polar surface area (TPSA) is 64.4 Å². The molecule has 3 N–H and O–H groups in total. The lowest BCUT2D eigenvalue weighted by atomic mass is 10.2. The third-order valence-corrected chi connectivity index (χ3v) is 3.04. The lowest BCUT2D eigenvalue weighted by Crippen LogP contribution is -2.16. The Balaban J connectivity index is 2.04. The van der Waals surface area contributed by atoms with Gasteiger partial charge in [0.1, 0.15) is 11.6 Å². The van der Waals surface area contributed by atoms with E-state index in [9.17, 15) is 9.18 Å². The molecule has 6 heteroatoms. The van der Waals surface area contributed by atoms with E-state index in [1.54, 1.807) is 6.07 Å². The van der Waals surface area contributed by atoms with Crippen LogP contribution in [-0.4, -0.2) is 6.09 Å². The van der Waals surface area contributed by atoms with Crippen molar-refractivity contribution in [3.63, 3.8) is 0 Å².